The fraction of sp³-hybridized carbons (Fsp3) is 0.789. The first-order chi connectivity index (χ1) is 12.2. The lowest BCUT2D eigenvalue weighted by Gasteiger charge is -2.45. The number of nitrogens with zero attached hydrogens (tertiary/aromatic N) is 3. The first-order valence-corrected chi connectivity index (χ1v) is 10.4. The Morgan fingerprint density at radius 2 is 1.96 bits per heavy atom. The van der Waals surface area contributed by atoms with Gasteiger partial charge in [0, 0.05) is 37.6 Å². The normalized spacial score (nSPS) is 21.9. The van der Waals surface area contributed by atoms with Gasteiger partial charge in [-0.05, 0) is 33.6 Å². The van der Waals surface area contributed by atoms with E-state index in [4.69, 9.17) is 4.74 Å². The van der Waals surface area contributed by atoms with Gasteiger partial charge in [-0.1, -0.05) is 13.8 Å². The highest BCUT2D eigenvalue weighted by molar-refractivity contribution is 14.0. The van der Waals surface area contributed by atoms with Crippen LogP contribution in [0.15, 0.2) is 10.4 Å². The van der Waals surface area contributed by atoms with Crippen molar-refractivity contribution in [2.45, 2.75) is 71.8 Å². The van der Waals surface area contributed by atoms with Gasteiger partial charge in [-0.15, -0.1) is 35.3 Å². The van der Waals surface area contributed by atoms with Crippen LogP contribution in [0, 0.1) is 0 Å². The number of guanidine groups is 1. The number of morpholine rings is 1. The van der Waals surface area contributed by atoms with Crippen molar-refractivity contribution in [3.63, 3.8) is 0 Å². The Labute approximate surface area is 185 Å². The highest BCUT2D eigenvalue weighted by Gasteiger charge is 2.33. The molecular weight excluding hydrogens is 473 g/mol. The molecule has 6 nitrogen and oxygen atoms in total. The van der Waals surface area contributed by atoms with Crippen molar-refractivity contribution < 1.29 is 4.74 Å². The maximum absolute atomic E-state index is 5.86. The summed E-state index contributed by atoms with van der Waals surface area (Å²) in [6.45, 7) is 16.6. The lowest BCUT2D eigenvalue weighted by molar-refractivity contribution is -0.0946. The maximum atomic E-state index is 5.86. The lowest BCUT2D eigenvalue weighted by Crippen LogP contribution is -2.59. The van der Waals surface area contributed by atoms with Crippen molar-refractivity contribution in [1.82, 2.24) is 20.5 Å². The molecule has 1 aliphatic rings. The van der Waals surface area contributed by atoms with Crippen molar-refractivity contribution in [2.75, 3.05) is 26.7 Å². The van der Waals surface area contributed by atoms with Gasteiger partial charge in [-0.25, -0.2) is 4.98 Å². The van der Waals surface area contributed by atoms with Crippen molar-refractivity contribution >= 4 is 41.3 Å². The minimum Gasteiger partial charge on any atom is -0.373 e. The Morgan fingerprint density at radius 3 is 2.48 bits per heavy atom. The molecule has 0 aromatic carbocycles. The van der Waals surface area contributed by atoms with Gasteiger partial charge in [0.25, 0.3) is 0 Å². The first kappa shape index (κ1) is 24.6. The molecular formula is C19H36IN5OS. The number of ether oxygens (including phenoxy) is 1. The molecule has 156 valence electrons. The van der Waals surface area contributed by atoms with Gasteiger partial charge < -0.3 is 15.4 Å². The lowest BCUT2D eigenvalue weighted by atomic mass is 10.00. The largest absolute Gasteiger partial charge is 0.373 e. The zero-order valence-corrected chi connectivity index (χ0v) is 20.9. The zero-order chi connectivity index (χ0) is 19.3. The Balaban J connectivity index is 0.00000364. The second kappa shape index (κ2) is 10.9. The Morgan fingerprint density at radius 1 is 1.33 bits per heavy atom. The standard InChI is InChI=1S/C19H35N5OS.HI/c1-13(2)16-11-26-17(23-16)8-21-18(20-7)22-12-19(5,6)24-9-14(3)25-15(4)10-24;/h11,13-15H,8-10,12H2,1-7H3,(H2,20,21,22);1H. The Bertz CT molecular complexity index is 595. The molecule has 2 rings (SSSR count). The molecule has 0 bridgehead atoms. The van der Waals surface area contributed by atoms with Gasteiger partial charge in [0.15, 0.2) is 5.96 Å². The quantitative estimate of drug-likeness (QED) is 0.350. The molecule has 1 aromatic heterocycles. The molecule has 1 aliphatic heterocycles. The Kier molecular flexibility index (Phi) is 9.95. The summed E-state index contributed by atoms with van der Waals surface area (Å²) in [4.78, 5) is 11.5. The summed E-state index contributed by atoms with van der Waals surface area (Å²) < 4.78 is 5.86. The summed E-state index contributed by atoms with van der Waals surface area (Å²) in [5.74, 6) is 1.28. The molecule has 2 atom stereocenters. The smallest absolute Gasteiger partial charge is 0.191 e. The average molecular weight is 510 g/mol. The number of rotatable bonds is 6. The molecule has 1 aromatic rings. The van der Waals surface area contributed by atoms with Crippen LogP contribution in [0.5, 0.6) is 0 Å². The third-order valence-corrected chi connectivity index (χ3v) is 5.62. The molecule has 8 heteroatoms. The van der Waals surface area contributed by atoms with E-state index in [0.717, 1.165) is 36.3 Å². The molecule has 0 amide bonds. The summed E-state index contributed by atoms with van der Waals surface area (Å²) in [7, 11) is 1.81. The van der Waals surface area contributed by atoms with Crippen LogP contribution in [0.2, 0.25) is 0 Å². The zero-order valence-electron chi connectivity index (χ0n) is 17.7. The monoisotopic (exact) mass is 509 g/mol. The van der Waals surface area contributed by atoms with E-state index in [-0.39, 0.29) is 41.7 Å². The molecule has 1 saturated heterocycles. The van der Waals surface area contributed by atoms with Gasteiger partial charge in [0.1, 0.15) is 5.01 Å². The van der Waals surface area contributed by atoms with Gasteiger partial charge in [0.05, 0.1) is 24.4 Å². The third kappa shape index (κ3) is 7.47. The second-order valence-electron chi connectivity index (χ2n) is 8.07. The number of aromatic nitrogens is 1. The number of thiazole rings is 1. The molecule has 2 unspecified atom stereocenters. The van der Waals surface area contributed by atoms with E-state index in [0.29, 0.717) is 12.5 Å². The number of hydrogen-bond donors (Lipinski definition) is 2. The molecule has 0 aliphatic carbocycles. The number of halogens is 1. The van der Waals surface area contributed by atoms with E-state index in [1.54, 1.807) is 11.3 Å². The third-order valence-electron chi connectivity index (χ3n) is 4.76. The number of nitrogens with one attached hydrogen (secondary N) is 2. The minimum atomic E-state index is 0. The van der Waals surface area contributed by atoms with Crippen LogP contribution < -0.4 is 10.6 Å². The van der Waals surface area contributed by atoms with Crippen LogP contribution in [0.4, 0.5) is 0 Å². The van der Waals surface area contributed by atoms with E-state index < -0.39 is 0 Å². The SMILES string of the molecule is CN=C(NCc1nc(C(C)C)cs1)NCC(C)(C)N1CC(C)OC(C)C1.I. The first-order valence-electron chi connectivity index (χ1n) is 9.50. The second-order valence-corrected chi connectivity index (χ2v) is 9.02. The molecule has 1 fully saturated rings. The van der Waals surface area contributed by atoms with Crippen LogP contribution in [-0.2, 0) is 11.3 Å². The molecule has 2 N–H and O–H groups in total. The van der Waals surface area contributed by atoms with Crippen molar-refractivity contribution in [1.29, 1.82) is 0 Å². The van der Waals surface area contributed by atoms with E-state index in [9.17, 15) is 0 Å². The maximum Gasteiger partial charge on any atom is 0.191 e. The highest BCUT2D eigenvalue weighted by atomic mass is 127. The topological polar surface area (TPSA) is 61.8 Å². The number of aliphatic imine (C=N–C) groups is 1. The van der Waals surface area contributed by atoms with E-state index >= 15 is 0 Å². The average Bonchev–Trinajstić information content (AvgIpc) is 3.03. The van der Waals surface area contributed by atoms with Crippen molar-refractivity contribution in [2.24, 2.45) is 4.99 Å². The highest BCUT2D eigenvalue weighted by Crippen LogP contribution is 2.21. The fourth-order valence-electron chi connectivity index (χ4n) is 3.14. The van der Waals surface area contributed by atoms with Gasteiger partial charge in [-0.2, -0.15) is 0 Å². The summed E-state index contributed by atoms with van der Waals surface area (Å²) >= 11 is 1.70. The molecule has 0 saturated carbocycles. The molecule has 27 heavy (non-hydrogen) atoms. The molecule has 2 heterocycles. The molecule has 0 radical (unpaired) electrons. The fourth-order valence-corrected chi connectivity index (χ4v) is 4.03. The van der Waals surface area contributed by atoms with Crippen LogP contribution in [0.1, 0.15) is 58.2 Å². The predicted molar refractivity (Wildman–Crippen MR) is 125 cm³/mol. The van der Waals surface area contributed by atoms with E-state index in [1.165, 1.54) is 0 Å². The summed E-state index contributed by atoms with van der Waals surface area (Å²) in [5, 5.41) is 10.1. The van der Waals surface area contributed by atoms with Crippen molar-refractivity contribution in [3.05, 3.63) is 16.1 Å². The number of hydrogen-bond acceptors (Lipinski definition) is 5. The van der Waals surface area contributed by atoms with Crippen LogP contribution in [0.25, 0.3) is 0 Å². The summed E-state index contributed by atoms with van der Waals surface area (Å²) in [6.07, 6.45) is 0.547. The minimum absolute atomic E-state index is 0. The summed E-state index contributed by atoms with van der Waals surface area (Å²) in [5.41, 5.74) is 1.18. The van der Waals surface area contributed by atoms with Gasteiger partial charge in [0.2, 0.25) is 0 Å². The van der Waals surface area contributed by atoms with Gasteiger partial charge in [-0.3, -0.25) is 9.89 Å². The van der Waals surface area contributed by atoms with Crippen LogP contribution in [0.3, 0.4) is 0 Å². The van der Waals surface area contributed by atoms with Crippen LogP contribution in [-0.4, -0.2) is 60.3 Å². The van der Waals surface area contributed by atoms with E-state index in [1.807, 2.05) is 7.05 Å². The van der Waals surface area contributed by atoms with Gasteiger partial charge >= 0.3 is 0 Å². The van der Waals surface area contributed by atoms with Crippen LogP contribution >= 0.6 is 35.3 Å². The van der Waals surface area contributed by atoms with E-state index in [2.05, 4.69) is 72.4 Å². The van der Waals surface area contributed by atoms with Crippen molar-refractivity contribution in [3.8, 4) is 0 Å². The Hall–Kier alpha value is -0.450. The predicted octanol–water partition coefficient (Wildman–Crippen LogP) is 3.44. The molecule has 0 spiro atoms. The summed E-state index contributed by atoms with van der Waals surface area (Å²) in [6, 6.07) is 0.